The van der Waals surface area contributed by atoms with Crippen molar-refractivity contribution in [1.29, 1.82) is 0 Å². The molecule has 154 valence electrons. The van der Waals surface area contributed by atoms with Crippen LogP contribution in [0, 0.1) is 0 Å². The summed E-state index contributed by atoms with van der Waals surface area (Å²) in [5, 5.41) is 6.94. The predicted octanol–water partition coefficient (Wildman–Crippen LogP) is 5.32. The van der Waals surface area contributed by atoms with E-state index in [2.05, 4.69) is 6.07 Å². The summed E-state index contributed by atoms with van der Waals surface area (Å²) in [7, 11) is 0. The smallest absolute Gasteiger partial charge is 0.214 e. The number of ether oxygens (including phenoxy) is 3. The maximum atomic E-state index is 6.50. The van der Waals surface area contributed by atoms with Crippen LogP contribution in [-0.2, 0) is 0 Å². The average Bonchev–Trinajstić information content (AvgIpc) is 3.45. The lowest BCUT2D eigenvalue weighted by Gasteiger charge is -2.38. The fourth-order valence-corrected chi connectivity index (χ4v) is 4.06. The molecule has 2 aliphatic rings. The van der Waals surface area contributed by atoms with Crippen molar-refractivity contribution in [2.45, 2.75) is 32.5 Å². The van der Waals surface area contributed by atoms with Crippen LogP contribution >= 0.6 is 0 Å². The molecule has 2 atom stereocenters. The van der Waals surface area contributed by atoms with Gasteiger partial charge in [0.1, 0.15) is 17.2 Å². The number of fused-ring (bicyclic) bond motifs is 3. The van der Waals surface area contributed by atoms with Gasteiger partial charge in [-0.3, -0.25) is 0 Å². The van der Waals surface area contributed by atoms with Crippen LogP contribution in [0.5, 0.6) is 17.2 Å². The highest BCUT2D eigenvalue weighted by molar-refractivity contribution is 5.99. The zero-order valence-corrected chi connectivity index (χ0v) is 17.1. The molecule has 0 unspecified atom stereocenters. The van der Waals surface area contributed by atoms with Gasteiger partial charge in [-0.2, -0.15) is 5.10 Å². The summed E-state index contributed by atoms with van der Waals surface area (Å²) in [4.78, 5) is 0. The maximum Gasteiger partial charge on any atom is 0.214 e. The summed E-state index contributed by atoms with van der Waals surface area (Å²) in [6, 6.07) is 17.9. The van der Waals surface area contributed by atoms with Gasteiger partial charge in [-0.05, 0) is 56.3 Å². The normalized spacial score (nSPS) is 19.5. The molecule has 0 saturated carbocycles. The Hall–Kier alpha value is -3.41. The molecule has 3 heterocycles. The molecule has 0 radical (unpaired) electrons. The lowest BCUT2D eigenvalue weighted by Crippen LogP contribution is -2.33. The van der Waals surface area contributed by atoms with Crippen molar-refractivity contribution in [3.8, 4) is 17.2 Å². The fourth-order valence-electron chi connectivity index (χ4n) is 4.06. The summed E-state index contributed by atoms with van der Waals surface area (Å²) in [5.74, 6) is 3.18. The van der Waals surface area contributed by atoms with E-state index in [4.69, 9.17) is 23.7 Å². The molecular weight excluding hydrogens is 380 g/mol. The highest BCUT2D eigenvalue weighted by Gasteiger charge is 2.42. The summed E-state index contributed by atoms with van der Waals surface area (Å²) in [6.45, 7) is 5.17. The fraction of sp³-hybridized carbons (Fsp3) is 0.292. The third kappa shape index (κ3) is 3.18. The van der Waals surface area contributed by atoms with Crippen molar-refractivity contribution < 1.29 is 18.6 Å². The number of furan rings is 1. The van der Waals surface area contributed by atoms with E-state index in [1.54, 1.807) is 6.26 Å². The van der Waals surface area contributed by atoms with E-state index in [9.17, 15) is 0 Å². The molecule has 0 N–H and O–H groups in total. The van der Waals surface area contributed by atoms with E-state index in [-0.39, 0.29) is 12.3 Å². The maximum absolute atomic E-state index is 6.50. The number of para-hydroxylation sites is 1. The molecule has 3 aromatic rings. The van der Waals surface area contributed by atoms with Crippen molar-refractivity contribution in [1.82, 2.24) is 5.01 Å². The van der Waals surface area contributed by atoms with Gasteiger partial charge >= 0.3 is 0 Å². The zero-order chi connectivity index (χ0) is 20.5. The highest BCUT2D eigenvalue weighted by atomic mass is 16.5. The van der Waals surface area contributed by atoms with Gasteiger partial charge < -0.3 is 18.6 Å². The highest BCUT2D eigenvalue weighted by Crippen LogP contribution is 2.50. The summed E-state index contributed by atoms with van der Waals surface area (Å²) in [5.41, 5.74) is 3.00. The van der Waals surface area contributed by atoms with Gasteiger partial charge in [0.05, 0.1) is 25.5 Å². The molecule has 6 heteroatoms. The number of rotatable bonds is 6. The van der Waals surface area contributed by atoms with Crippen LogP contribution in [0.3, 0.4) is 0 Å². The molecule has 30 heavy (non-hydrogen) atoms. The third-order valence-electron chi connectivity index (χ3n) is 5.36. The molecule has 5 rings (SSSR count). The molecule has 0 amide bonds. The second-order valence-electron chi connectivity index (χ2n) is 7.20. The first-order valence-electron chi connectivity index (χ1n) is 10.3. The van der Waals surface area contributed by atoms with Gasteiger partial charge in [0.2, 0.25) is 6.23 Å². The Morgan fingerprint density at radius 1 is 1.00 bits per heavy atom. The Balaban J connectivity index is 1.57. The van der Waals surface area contributed by atoms with Crippen LogP contribution in [0.4, 0.5) is 0 Å². The minimum atomic E-state index is -0.368. The van der Waals surface area contributed by atoms with E-state index in [0.717, 1.165) is 46.3 Å². The zero-order valence-electron chi connectivity index (χ0n) is 17.1. The lowest BCUT2D eigenvalue weighted by atomic mass is 9.97. The predicted molar refractivity (Wildman–Crippen MR) is 113 cm³/mol. The van der Waals surface area contributed by atoms with Crippen LogP contribution in [0.1, 0.15) is 49.4 Å². The average molecular weight is 404 g/mol. The summed E-state index contributed by atoms with van der Waals surface area (Å²) < 4.78 is 23.6. The summed E-state index contributed by atoms with van der Waals surface area (Å²) >= 11 is 0. The molecule has 0 spiro atoms. The van der Waals surface area contributed by atoms with E-state index >= 15 is 0 Å². The second kappa shape index (κ2) is 7.78. The second-order valence-corrected chi connectivity index (χ2v) is 7.20. The standard InChI is InChI=1S/C24H24N2O4/c1-3-27-17-12-10-16(11-13-17)24-26-20(15-19(25-26)21-9-6-14-29-21)18-7-5-8-22(28-4-2)23(18)30-24/h5-14,20,24H,3-4,15H2,1-2H3/t20-,24+/m0/s1. The van der Waals surface area contributed by atoms with Gasteiger partial charge in [-0.1, -0.05) is 12.1 Å². The number of hydrogen-bond acceptors (Lipinski definition) is 6. The minimum absolute atomic E-state index is 0.0471. The minimum Gasteiger partial charge on any atom is -0.494 e. The van der Waals surface area contributed by atoms with Gasteiger partial charge in [-0.15, -0.1) is 0 Å². The van der Waals surface area contributed by atoms with E-state index in [0.29, 0.717) is 13.2 Å². The largest absolute Gasteiger partial charge is 0.494 e. The Morgan fingerprint density at radius 3 is 2.57 bits per heavy atom. The van der Waals surface area contributed by atoms with Crippen molar-refractivity contribution in [2.24, 2.45) is 5.10 Å². The van der Waals surface area contributed by atoms with E-state index in [1.165, 1.54) is 0 Å². The third-order valence-corrected chi connectivity index (χ3v) is 5.36. The number of nitrogens with zero attached hydrogens (tertiary/aromatic N) is 2. The van der Waals surface area contributed by atoms with Crippen LogP contribution in [-0.4, -0.2) is 23.9 Å². The Bertz CT molecular complexity index is 1040. The van der Waals surface area contributed by atoms with Crippen molar-refractivity contribution in [3.63, 3.8) is 0 Å². The van der Waals surface area contributed by atoms with E-state index < -0.39 is 0 Å². The van der Waals surface area contributed by atoms with Crippen LogP contribution in [0.25, 0.3) is 0 Å². The SMILES string of the molecule is CCOc1ccc([C@H]2Oc3c(OCC)cccc3[C@@H]3CC(c4ccco4)=NN23)cc1. The molecule has 0 fully saturated rings. The van der Waals surface area contributed by atoms with Crippen LogP contribution in [0.15, 0.2) is 70.4 Å². The molecule has 0 bridgehead atoms. The molecule has 0 saturated heterocycles. The topological polar surface area (TPSA) is 56.4 Å². The van der Waals surface area contributed by atoms with Crippen LogP contribution < -0.4 is 14.2 Å². The first-order valence-corrected chi connectivity index (χ1v) is 10.3. The van der Waals surface area contributed by atoms with Gasteiger partial charge in [0.15, 0.2) is 11.5 Å². The Kier molecular flexibility index (Phi) is 4.83. The number of benzene rings is 2. The van der Waals surface area contributed by atoms with Crippen LogP contribution in [0.2, 0.25) is 0 Å². The Labute approximate surface area is 175 Å². The van der Waals surface area contributed by atoms with Crippen molar-refractivity contribution in [2.75, 3.05) is 13.2 Å². The number of hydrazone groups is 1. The first kappa shape index (κ1) is 18.6. The molecule has 2 aromatic carbocycles. The van der Waals surface area contributed by atoms with E-state index in [1.807, 2.05) is 67.4 Å². The van der Waals surface area contributed by atoms with Gasteiger partial charge in [0.25, 0.3) is 0 Å². The summed E-state index contributed by atoms with van der Waals surface area (Å²) in [6.07, 6.45) is 2.05. The van der Waals surface area contributed by atoms with Crippen molar-refractivity contribution in [3.05, 3.63) is 77.7 Å². The first-order chi connectivity index (χ1) is 14.8. The lowest BCUT2D eigenvalue weighted by molar-refractivity contribution is -0.0212. The van der Waals surface area contributed by atoms with Gasteiger partial charge in [-0.25, -0.2) is 5.01 Å². The monoisotopic (exact) mass is 404 g/mol. The Morgan fingerprint density at radius 2 is 1.83 bits per heavy atom. The molecule has 0 aliphatic carbocycles. The van der Waals surface area contributed by atoms with Crippen molar-refractivity contribution >= 4 is 5.71 Å². The molecular formula is C24H24N2O4. The molecule has 1 aromatic heterocycles. The number of hydrogen-bond donors (Lipinski definition) is 0. The quantitative estimate of drug-likeness (QED) is 0.557. The molecule has 2 aliphatic heterocycles. The molecule has 6 nitrogen and oxygen atoms in total. The van der Waals surface area contributed by atoms with Gasteiger partial charge in [0, 0.05) is 17.5 Å².